The van der Waals surface area contributed by atoms with Gasteiger partial charge in [-0.1, -0.05) is 18.2 Å². The molecule has 0 spiro atoms. The average Bonchev–Trinajstić information content (AvgIpc) is 2.80. The van der Waals surface area contributed by atoms with Gasteiger partial charge >= 0.3 is 0 Å². The van der Waals surface area contributed by atoms with E-state index in [1.165, 1.54) is 10.4 Å². The topological polar surface area (TPSA) is 35.2 Å². The van der Waals surface area contributed by atoms with Crippen molar-refractivity contribution in [1.29, 1.82) is 0 Å². The molecule has 0 bridgehead atoms. The molecule has 0 aliphatic rings. The molecule has 0 aliphatic carbocycles. The summed E-state index contributed by atoms with van der Waals surface area (Å²) in [4.78, 5) is 1.24. The highest BCUT2D eigenvalue weighted by Gasteiger charge is 2.00. The summed E-state index contributed by atoms with van der Waals surface area (Å²) in [6, 6.07) is 12.5. The zero-order valence-electron chi connectivity index (χ0n) is 9.93. The molecule has 0 fully saturated rings. The van der Waals surface area contributed by atoms with Crippen molar-refractivity contribution in [2.45, 2.75) is 26.0 Å². The third-order valence-corrected chi connectivity index (χ3v) is 3.29. The molecule has 2 nitrogen and oxygen atoms in total. The van der Waals surface area contributed by atoms with Gasteiger partial charge in [-0.15, -0.1) is 11.3 Å². The number of hydrogen-bond donors (Lipinski definition) is 1. The Bertz CT molecular complexity index is 434. The van der Waals surface area contributed by atoms with Crippen LogP contribution in [0.1, 0.15) is 17.4 Å². The molecule has 2 rings (SSSR count). The standard InChI is InChI=1S/C14H17NOS/c1-11(15)9-12-4-6-13(7-5-12)16-10-14-3-2-8-17-14/h2-8,11H,9-10,15H2,1H3. The van der Waals surface area contributed by atoms with Gasteiger partial charge in [-0.2, -0.15) is 0 Å². The zero-order valence-corrected chi connectivity index (χ0v) is 10.7. The molecule has 0 aliphatic heterocycles. The predicted octanol–water partition coefficient (Wildman–Crippen LogP) is 3.22. The summed E-state index contributed by atoms with van der Waals surface area (Å²) in [6.07, 6.45) is 0.908. The molecule has 1 aromatic heterocycles. The number of benzene rings is 1. The number of ether oxygens (including phenoxy) is 1. The van der Waals surface area contributed by atoms with Crippen molar-refractivity contribution in [3.05, 3.63) is 52.2 Å². The van der Waals surface area contributed by atoms with Crippen LogP contribution in [0.15, 0.2) is 41.8 Å². The Kier molecular flexibility index (Phi) is 4.18. The minimum Gasteiger partial charge on any atom is -0.488 e. The monoisotopic (exact) mass is 247 g/mol. The van der Waals surface area contributed by atoms with Crippen LogP contribution in [-0.4, -0.2) is 6.04 Å². The second-order valence-corrected chi connectivity index (χ2v) is 5.23. The van der Waals surface area contributed by atoms with Gasteiger partial charge < -0.3 is 10.5 Å². The highest BCUT2D eigenvalue weighted by molar-refractivity contribution is 7.09. The van der Waals surface area contributed by atoms with E-state index in [9.17, 15) is 0 Å². The van der Waals surface area contributed by atoms with Gasteiger partial charge in [0.15, 0.2) is 0 Å². The van der Waals surface area contributed by atoms with E-state index in [-0.39, 0.29) is 6.04 Å². The van der Waals surface area contributed by atoms with E-state index in [2.05, 4.69) is 23.6 Å². The Labute approximate surface area is 106 Å². The molecule has 0 radical (unpaired) electrons. The van der Waals surface area contributed by atoms with E-state index < -0.39 is 0 Å². The second kappa shape index (κ2) is 5.84. The summed E-state index contributed by atoms with van der Waals surface area (Å²) < 4.78 is 5.69. The zero-order chi connectivity index (χ0) is 12.1. The maximum absolute atomic E-state index is 5.76. The van der Waals surface area contributed by atoms with Crippen molar-refractivity contribution >= 4 is 11.3 Å². The molecule has 1 atom stereocenters. The number of hydrogen-bond acceptors (Lipinski definition) is 3. The Morgan fingerprint density at radius 3 is 2.59 bits per heavy atom. The third-order valence-electron chi connectivity index (χ3n) is 2.44. The lowest BCUT2D eigenvalue weighted by Crippen LogP contribution is -2.17. The van der Waals surface area contributed by atoms with Gasteiger partial charge in [-0.25, -0.2) is 0 Å². The van der Waals surface area contributed by atoms with Crippen molar-refractivity contribution in [1.82, 2.24) is 0 Å². The van der Waals surface area contributed by atoms with Gasteiger partial charge in [-0.3, -0.25) is 0 Å². The minimum absolute atomic E-state index is 0.202. The summed E-state index contributed by atoms with van der Waals surface area (Å²) in [5, 5.41) is 2.06. The van der Waals surface area contributed by atoms with E-state index in [1.54, 1.807) is 11.3 Å². The summed E-state index contributed by atoms with van der Waals surface area (Å²) in [7, 11) is 0. The van der Waals surface area contributed by atoms with E-state index in [1.807, 2.05) is 25.1 Å². The fourth-order valence-corrected chi connectivity index (χ4v) is 2.26. The van der Waals surface area contributed by atoms with E-state index >= 15 is 0 Å². The molecule has 1 aromatic carbocycles. The van der Waals surface area contributed by atoms with E-state index in [0.717, 1.165) is 12.2 Å². The lowest BCUT2D eigenvalue weighted by Gasteiger charge is -2.07. The predicted molar refractivity (Wildman–Crippen MR) is 72.4 cm³/mol. The van der Waals surface area contributed by atoms with Crippen molar-refractivity contribution in [3.8, 4) is 5.75 Å². The first-order chi connectivity index (χ1) is 8.24. The summed E-state index contributed by atoms with van der Waals surface area (Å²) in [5.74, 6) is 0.909. The van der Waals surface area contributed by atoms with Crippen LogP contribution in [0.25, 0.3) is 0 Å². The van der Waals surface area contributed by atoms with Crippen molar-refractivity contribution in [3.63, 3.8) is 0 Å². The maximum Gasteiger partial charge on any atom is 0.122 e. The van der Waals surface area contributed by atoms with Crippen molar-refractivity contribution < 1.29 is 4.74 Å². The molecular weight excluding hydrogens is 230 g/mol. The van der Waals surface area contributed by atoms with Crippen molar-refractivity contribution in [2.75, 3.05) is 0 Å². The fourth-order valence-electron chi connectivity index (χ4n) is 1.64. The first kappa shape index (κ1) is 12.1. The Hall–Kier alpha value is -1.32. The smallest absolute Gasteiger partial charge is 0.122 e. The molecule has 17 heavy (non-hydrogen) atoms. The summed E-state index contributed by atoms with van der Waals surface area (Å²) >= 11 is 1.71. The quantitative estimate of drug-likeness (QED) is 0.880. The third kappa shape index (κ3) is 3.88. The lowest BCUT2D eigenvalue weighted by molar-refractivity contribution is 0.309. The second-order valence-electron chi connectivity index (χ2n) is 4.19. The first-order valence-electron chi connectivity index (χ1n) is 5.74. The van der Waals surface area contributed by atoms with Gasteiger partial charge in [0.25, 0.3) is 0 Å². The molecule has 90 valence electrons. The molecule has 1 unspecified atom stereocenters. The van der Waals surface area contributed by atoms with E-state index in [0.29, 0.717) is 6.61 Å². The number of rotatable bonds is 5. The maximum atomic E-state index is 5.76. The van der Waals surface area contributed by atoms with Crippen LogP contribution < -0.4 is 10.5 Å². The average molecular weight is 247 g/mol. The van der Waals surface area contributed by atoms with Gasteiger partial charge in [-0.05, 0) is 42.5 Å². The molecule has 0 amide bonds. The van der Waals surface area contributed by atoms with Crippen LogP contribution in [-0.2, 0) is 13.0 Å². The SMILES string of the molecule is CC(N)Cc1ccc(OCc2cccs2)cc1. The highest BCUT2D eigenvalue weighted by atomic mass is 32.1. The molecule has 3 heteroatoms. The van der Waals surface area contributed by atoms with Gasteiger partial charge in [0.05, 0.1) is 0 Å². The molecule has 0 saturated carbocycles. The normalized spacial score (nSPS) is 12.4. The van der Waals surface area contributed by atoms with E-state index in [4.69, 9.17) is 10.5 Å². The highest BCUT2D eigenvalue weighted by Crippen LogP contribution is 2.16. The molecular formula is C14H17NOS. The number of thiophene rings is 1. The Morgan fingerprint density at radius 1 is 1.24 bits per heavy atom. The van der Waals surface area contributed by atoms with Crippen LogP contribution in [0.3, 0.4) is 0 Å². The van der Waals surface area contributed by atoms with Crippen LogP contribution in [0.2, 0.25) is 0 Å². The van der Waals surface area contributed by atoms with Crippen LogP contribution in [0.5, 0.6) is 5.75 Å². The minimum atomic E-state index is 0.202. The molecule has 1 heterocycles. The fraction of sp³-hybridized carbons (Fsp3) is 0.286. The number of nitrogens with two attached hydrogens (primary N) is 1. The summed E-state index contributed by atoms with van der Waals surface area (Å²) in [6.45, 7) is 2.66. The Morgan fingerprint density at radius 2 is 2.00 bits per heavy atom. The van der Waals surface area contributed by atoms with Gasteiger partial charge in [0.1, 0.15) is 12.4 Å². The van der Waals surface area contributed by atoms with Crippen LogP contribution >= 0.6 is 11.3 Å². The molecule has 0 saturated heterocycles. The molecule has 2 aromatic rings. The van der Waals surface area contributed by atoms with Crippen LogP contribution in [0.4, 0.5) is 0 Å². The lowest BCUT2D eigenvalue weighted by atomic mass is 10.1. The van der Waals surface area contributed by atoms with Gasteiger partial charge in [0, 0.05) is 10.9 Å². The molecule has 2 N–H and O–H groups in total. The Balaban J connectivity index is 1.89. The van der Waals surface area contributed by atoms with Crippen LogP contribution in [0, 0.1) is 0 Å². The van der Waals surface area contributed by atoms with Gasteiger partial charge in [0.2, 0.25) is 0 Å². The first-order valence-corrected chi connectivity index (χ1v) is 6.62. The summed E-state index contributed by atoms with van der Waals surface area (Å²) in [5.41, 5.74) is 7.01. The van der Waals surface area contributed by atoms with Crippen molar-refractivity contribution in [2.24, 2.45) is 5.73 Å². The largest absolute Gasteiger partial charge is 0.488 e.